The van der Waals surface area contributed by atoms with Gasteiger partial charge < -0.3 is 19.5 Å². The van der Waals surface area contributed by atoms with Gasteiger partial charge in [0.25, 0.3) is 0 Å². The maximum absolute atomic E-state index is 10.6. The summed E-state index contributed by atoms with van der Waals surface area (Å²) in [6.45, 7) is 3.56. The lowest BCUT2D eigenvalue weighted by molar-refractivity contribution is -0.131. The van der Waals surface area contributed by atoms with Crippen LogP contribution in [0.25, 0.3) is 6.08 Å². The van der Waals surface area contributed by atoms with Gasteiger partial charge in [-0.05, 0) is 36.3 Å². The maximum atomic E-state index is 10.6. The van der Waals surface area contributed by atoms with Crippen LogP contribution in [-0.4, -0.2) is 50.6 Å². The number of aliphatic carboxylic acids is 1. The largest absolute Gasteiger partial charge is 0.478 e. The molecule has 1 heterocycles. The maximum Gasteiger partial charge on any atom is 0.328 e. The van der Waals surface area contributed by atoms with Crippen molar-refractivity contribution in [3.8, 4) is 0 Å². The quantitative estimate of drug-likeness (QED) is 0.840. The summed E-state index contributed by atoms with van der Waals surface area (Å²) in [6, 6.07) is 6.00. The Morgan fingerprint density at radius 3 is 2.38 bits per heavy atom. The van der Waals surface area contributed by atoms with Crippen LogP contribution >= 0.6 is 0 Å². The average Bonchev–Trinajstić information content (AvgIpc) is 2.89. The van der Waals surface area contributed by atoms with Crippen molar-refractivity contribution in [1.82, 2.24) is 0 Å². The van der Waals surface area contributed by atoms with Crippen LogP contribution in [0.2, 0.25) is 0 Å². The summed E-state index contributed by atoms with van der Waals surface area (Å²) in [6.07, 6.45) is 2.91. The third-order valence-electron chi connectivity index (χ3n) is 3.84. The van der Waals surface area contributed by atoms with Crippen molar-refractivity contribution >= 4 is 17.7 Å². The summed E-state index contributed by atoms with van der Waals surface area (Å²) in [5, 5.41) is 8.68. The van der Waals surface area contributed by atoms with Crippen LogP contribution < -0.4 is 4.90 Å². The number of carboxylic acids is 1. The van der Waals surface area contributed by atoms with E-state index in [0.717, 1.165) is 36.0 Å². The Kier molecular flexibility index (Phi) is 4.98. The van der Waals surface area contributed by atoms with Crippen molar-refractivity contribution in [1.29, 1.82) is 0 Å². The zero-order chi connectivity index (χ0) is 15.4. The van der Waals surface area contributed by atoms with Crippen molar-refractivity contribution in [2.75, 3.05) is 32.2 Å². The molecule has 1 fully saturated rings. The molecule has 1 aromatic rings. The molecule has 0 amide bonds. The van der Waals surface area contributed by atoms with Crippen LogP contribution in [-0.2, 0) is 14.3 Å². The highest BCUT2D eigenvalue weighted by Gasteiger charge is 2.33. The fourth-order valence-corrected chi connectivity index (χ4v) is 2.61. The molecule has 1 saturated heterocycles. The molecule has 1 N–H and O–H groups in total. The van der Waals surface area contributed by atoms with Crippen LogP contribution in [0.1, 0.15) is 11.1 Å². The number of hydrogen-bond donors (Lipinski definition) is 1. The number of anilines is 1. The van der Waals surface area contributed by atoms with Crippen molar-refractivity contribution in [3.05, 3.63) is 35.4 Å². The van der Waals surface area contributed by atoms with Crippen molar-refractivity contribution in [2.24, 2.45) is 0 Å². The van der Waals surface area contributed by atoms with Crippen molar-refractivity contribution in [2.45, 2.75) is 19.1 Å². The molecule has 0 bridgehead atoms. The molecule has 2 rings (SSSR count). The van der Waals surface area contributed by atoms with E-state index in [2.05, 4.69) is 11.0 Å². The molecule has 21 heavy (non-hydrogen) atoms. The Labute approximate surface area is 124 Å². The van der Waals surface area contributed by atoms with Crippen LogP contribution in [0.15, 0.2) is 24.3 Å². The molecular formula is C16H21NO4. The molecule has 0 spiro atoms. The van der Waals surface area contributed by atoms with Crippen LogP contribution in [0.5, 0.6) is 0 Å². The van der Waals surface area contributed by atoms with Gasteiger partial charge in [0.05, 0.1) is 0 Å². The Bertz CT molecular complexity index is 529. The van der Waals surface area contributed by atoms with Gasteiger partial charge in [0.15, 0.2) is 0 Å². The van der Waals surface area contributed by atoms with Gasteiger partial charge in [-0.3, -0.25) is 0 Å². The summed E-state index contributed by atoms with van der Waals surface area (Å²) in [4.78, 5) is 12.8. The van der Waals surface area contributed by atoms with E-state index in [1.165, 1.54) is 0 Å². The smallest absolute Gasteiger partial charge is 0.328 e. The highest BCUT2D eigenvalue weighted by molar-refractivity contribution is 5.85. The fourth-order valence-electron chi connectivity index (χ4n) is 2.61. The molecule has 5 heteroatoms. The van der Waals surface area contributed by atoms with Gasteiger partial charge in [-0.2, -0.15) is 0 Å². The number of nitrogens with zero attached hydrogens (tertiary/aromatic N) is 1. The SMILES string of the molecule is COC1CN(c2ccc(/C=C/C(=O)O)c(C)c2)CC1OC. The van der Waals surface area contributed by atoms with E-state index < -0.39 is 5.97 Å². The van der Waals surface area contributed by atoms with Crippen molar-refractivity contribution in [3.63, 3.8) is 0 Å². The summed E-state index contributed by atoms with van der Waals surface area (Å²) in [5.41, 5.74) is 3.05. The first-order valence-corrected chi connectivity index (χ1v) is 6.87. The van der Waals surface area contributed by atoms with Gasteiger partial charge in [0, 0.05) is 39.1 Å². The number of aryl methyl sites for hydroxylation is 1. The highest BCUT2D eigenvalue weighted by atomic mass is 16.5. The number of methoxy groups -OCH3 is 2. The second-order valence-corrected chi connectivity index (χ2v) is 5.17. The second-order valence-electron chi connectivity index (χ2n) is 5.17. The molecule has 1 aliphatic heterocycles. The van der Waals surface area contributed by atoms with Crippen LogP contribution in [0.3, 0.4) is 0 Å². The lowest BCUT2D eigenvalue weighted by Crippen LogP contribution is -2.27. The molecule has 2 unspecified atom stereocenters. The van der Waals surface area contributed by atoms with Gasteiger partial charge in [0.1, 0.15) is 12.2 Å². The molecule has 1 aliphatic rings. The number of hydrogen-bond acceptors (Lipinski definition) is 4. The lowest BCUT2D eigenvalue weighted by Gasteiger charge is -2.19. The first-order chi connectivity index (χ1) is 10.0. The minimum atomic E-state index is -0.941. The number of carboxylic acid groups (broad SMARTS) is 1. The van der Waals surface area contributed by atoms with E-state index in [-0.39, 0.29) is 12.2 Å². The summed E-state index contributed by atoms with van der Waals surface area (Å²) >= 11 is 0. The molecule has 0 aliphatic carbocycles. The van der Waals surface area contributed by atoms with Gasteiger partial charge in [-0.15, -0.1) is 0 Å². The molecule has 5 nitrogen and oxygen atoms in total. The minimum absolute atomic E-state index is 0.0712. The topological polar surface area (TPSA) is 59.0 Å². The van der Waals surface area contributed by atoms with Gasteiger partial charge in [-0.25, -0.2) is 4.79 Å². The van der Waals surface area contributed by atoms with Gasteiger partial charge in [0.2, 0.25) is 0 Å². The zero-order valence-corrected chi connectivity index (χ0v) is 12.6. The second kappa shape index (κ2) is 6.74. The molecule has 2 atom stereocenters. The summed E-state index contributed by atoms with van der Waals surface area (Å²) in [7, 11) is 3.40. The monoisotopic (exact) mass is 291 g/mol. The molecular weight excluding hydrogens is 270 g/mol. The third kappa shape index (κ3) is 3.62. The molecule has 0 radical (unpaired) electrons. The van der Waals surface area contributed by atoms with Crippen molar-refractivity contribution < 1.29 is 19.4 Å². The number of carbonyl (C=O) groups is 1. The van der Waals surface area contributed by atoms with Gasteiger partial charge >= 0.3 is 5.97 Å². The molecule has 1 aromatic carbocycles. The van der Waals surface area contributed by atoms with E-state index in [0.29, 0.717) is 0 Å². The van der Waals surface area contributed by atoms with E-state index in [4.69, 9.17) is 14.6 Å². The standard InChI is InChI=1S/C16H21NO4/c1-11-8-13(6-4-12(11)5-7-16(18)19)17-9-14(20-2)15(10-17)21-3/h4-8,14-15H,9-10H2,1-3H3,(H,18,19)/b7-5+. The Balaban J connectivity index is 2.15. The van der Waals surface area contributed by atoms with E-state index >= 15 is 0 Å². The van der Waals surface area contributed by atoms with E-state index in [9.17, 15) is 4.79 Å². The summed E-state index contributed by atoms with van der Waals surface area (Å²) < 4.78 is 10.9. The fraction of sp³-hybridized carbons (Fsp3) is 0.438. The first kappa shape index (κ1) is 15.5. The van der Waals surface area contributed by atoms with Crippen LogP contribution in [0, 0.1) is 6.92 Å². The van der Waals surface area contributed by atoms with E-state index in [1.807, 2.05) is 19.1 Å². The Hall–Kier alpha value is -1.85. The predicted molar refractivity (Wildman–Crippen MR) is 81.7 cm³/mol. The number of rotatable bonds is 5. The number of benzene rings is 1. The van der Waals surface area contributed by atoms with E-state index in [1.54, 1.807) is 20.3 Å². The summed E-state index contributed by atoms with van der Waals surface area (Å²) in [5.74, 6) is -0.941. The molecule has 114 valence electrons. The molecule has 0 aromatic heterocycles. The number of ether oxygens (including phenoxy) is 2. The third-order valence-corrected chi connectivity index (χ3v) is 3.84. The Morgan fingerprint density at radius 2 is 1.90 bits per heavy atom. The minimum Gasteiger partial charge on any atom is -0.478 e. The lowest BCUT2D eigenvalue weighted by atomic mass is 10.1. The Morgan fingerprint density at radius 1 is 1.29 bits per heavy atom. The normalized spacial score (nSPS) is 22.1. The predicted octanol–water partition coefficient (Wildman–Crippen LogP) is 1.94. The zero-order valence-electron chi connectivity index (χ0n) is 12.6. The highest BCUT2D eigenvalue weighted by Crippen LogP contribution is 2.26. The van der Waals surface area contributed by atoms with Crippen LogP contribution in [0.4, 0.5) is 5.69 Å². The van der Waals surface area contributed by atoms with Gasteiger partial charge in [-0.1, -0.05) is 6.07 Å². The average molecular weight is 291 g/mol. The first-order valence-electron chi connectivity index (χ1n) is 6.87. The molecule has 0 saturated carbocycles.